The fraction of sp³-hybridized carbons (Fsp3) is 0.800. The maximum Gasteiger partial charge on any atom is 0.315 e. The molecule has 0 amide bonds. The zero-order chi connectivity index (χ0) is 8.65. The highest BCUT2D eigenvalue weighted by molar-refractivity contribution is 6.67. The minimum absolute atomic E-state index is 0.102. The maximum absolute atomic E-state index is 10.6. The van der Waals surface area contributed by atoms with Gasteiger partial charge in [0.05, 0.1) is 0 Å². The smallest absolute Gasteiger partial charge is 0.315 e. The van der Waals surface area contributed by atoms with E-state index in [4.69, 9.17) is 46.4 Å². The Labute approximate surface area is 83.7 Å². The third kappa shape index (κ3) is 2.55. The number of cyclic esters (lactones) is 1. The van der Waals surface area contributed by atoms with Gasteiger partial charge in [0.1, 0.15) is 5.92 Å². The van der Waals surface area contributed by atoms with Crippen LogP contribution in [-0.2, 0) is 9.53 Å². The zero-order valence-electron chi connectivity index (χ0n) is 5.19. The molecule has 2 nitrogen and oxygen atoms in total. The van der Waals surface area contributed by atoms with Crippen molar-refractivity contribution in [3.05, 3.63) is 0 Å². The van der Waals surface area contributed by atoms with Crippen molar-refractivity contribution >= 4 is 52.4 Å². The summed E-state index contributed by atoms with van der Waals surface area (Å²) in [5, 5.41) is 0. The number of esters is 1. The Bertz CT molecular complexity index is 176. The first-order valence-corrected chi connectivity index (χ1v) is 4.38. The Morgan fingerprint density at radius 1 is 1.45 bits per heavy atom. The highest BCUT2D eigenvalue weighted by atomic mass is 35.6. The fourth-order valence-corrected chi connectivity index (χ4v) is 1.52. The van der Waals surface area contributed by atoms with Crippen molar-refractivity contribution in [1.82, 2.24) is 0 Å². The fourth-order valence-electron chi connectivity index (χ4n) is 0.741. The molecule has 1 fully saturated rings. The molecule has 1 heterocycles. The molecule has 0 spiro atoms. The molecule has 6 heteroatoms. The minimum Gasteiger partial charge on any atom is -0.445 e. The Morgan fingerprint density at radius 3 is 2.18 bits per heavy atom. The largest absolute Gasteiger partial charge is 0.445 e. The summed E-state index contributed by atoms with van der Waals surface area (Å²) in [6, 6.07) is 0. The van der Waals surface area contributed by atoms with Gasteiger partial charge in [0.25, 0.3) is 0 Å². The number of halogens is 4. The standard InChI is InChI=1S/C5H4Cl4O2/c6-3-2(4(10)11-3)1-5(7,8)9/h2-3H,1H2. The van der Waals surface area contributed by atoms with E-state index in [0.29, 0.717) is 0 Å². The van der Waals surface area contributed by atoms with E-state index in [1.807, 2.05) is 0 Å². The zero-order valence-corrected chi connectivity index (χ0v) is 8.21. The summed E-state index contributed by atoms with van der Waals surface area (Å²) < 4.78 is 3.01. The number of alkyl halides is 4. The first kappa shape index (κ1) is 9.72. The average Bonchev–Trinajstić information content (AvgIpc) is 1.83. The van der Waals surface area contributed by atoms with Crippen LogP contribution in [0.15, 0.2) is 0 Å². The van der Waals surface area contributed by atoms with E-state index in [0.717, 1.165) is 0 Å². The highest BCUT2D eigenvalue weighted by Gasteiger charge is 2.45. The molecule has 0 aromatic rings. The number of rotatable bonds is 1. The number of carbonyl (C=O) groups is 1. The molecule has 0 aliphatic carbocycles. The number of ether oxygens (including phenoxy) is 1. The van der Waals surface area contributed by atoms with Crippen LogP contribution >= 0.6 is 46.4 Å². The van der Waals surface area contributed by atoms with Crippen LogP contribution in [0.1, 0.15) is 6.42 Å². The SMILES string of the molecule is O=C1OC(Cl)C1CC(Cl)(Cl)Cl. The Morgan fingerprint density at radius 2 is 2.00 bits per heavy atom. The van der Waals surface area contributed by atoms with E-state index in [1.54, 1.807) is 0 Å². The molecule has 0 N–H and O–H groups in total. The molecule has 64 valence electrons. The molecule has 1 saturated heterocycles. The van der Waals surface area contributed by atoms with E-state index in [2.05, 4.69) is 4.74 Å². The average molecular weight is 238 g/mol. The molecule has 0 radical (unpaired) electrons. The van der Waals surface area contributed by atoms with Gasteiger partial charge in [-0.1, -0.05) is 46.4 Å². The molecule has 11 heavy (non-hydrogen) atoms. The van der Waals surface area contributed by atoms with Gasteiger partial charge in [0.2, 0.25) is 0 Å². The van der Waals surface area contributed by atoms with Crippen molar-refractivity contribution < 1.29 is 9.53 Å². The first-order valence-electron chi connectivity index (χ1n) is 2.81. The van der Waals surface area contributed by atoms with Crippen molar-refractivity contribution in [1.29, 1.82) is 0 Å². The van der Waals surface area contributed by atoms with Crippen LogP contribution in [0.3, 0.4) is 0 Å². The van der Waals surface area contributed by atoms with Gasteiger partial charge in [-0.25, -0.2) is 0 Å². The Balaban J connectivity index is 2.43. The summed E-state index contributed by atoms with van der Waals surface area (Å²) in [4.78, 5) is 10.6. The lowest BCUT2D eigenvalue weighted by Gasteiger charge is -2.32. The van der Waals surface area contributed by atoms with Crippen LogP contribution in [-0.4, -0.2) is 15.3 Å². The Hall–Kier alpha value is 0.630. The summed E-state index contributed by atoms with van der Waals surface area (Å²) in [5.41, 5.74) is -0.641. The summed E-state index contributed by atoms with van der Waals surface area (Å²) in [6.45, 7) is 0. The van der Waals surface area contributed by atoms with E-state index >= 15 is 0 Å². The normalized spacial score (nSPS) is 31.1. The predicted molar refractivity (Wildman–Crippen MR) is 44.1 cm³/mol. The molecule has 0 bridgehead atoms. The van der Waals surface area contributed by atoms with Gasteiger partial charge in [0.15, 0.2) is 9.36 Å². The van der Waals surface area contributed by atoms with Gasteiger partial charge in [-0.2, -0.15) is 0 Å². The second-order valence-corrected chi connectivity index (χ2v) is 5.16. The maximum atomic E-state index is 10.6. The predicted octanol–water partition coefficient (Wildman–Crippen LogP) is 2.48. The highest BCUT2D eigenvalue weighted by Crippen LogP contribution is 2.40. The van der Waals surface area contributed by atoms with Gasteiger partial charge in [-0.15, -0.1) is 0 Å². The molecular formula is C5H4Cl4O2. The molecule has 1 rings (SSSR count). The van der Waals surface area contributed by atoms with Crippen LogP contribution in [0.4, 0.5) is 0 Å². The second-order valence-electron chi connectivity index (χ2n) is 2.21. The topological polar surface area (TPSA) is 26.3 Å². The van der Waals surface area contributed by atoms with Crippen LogP contribution < -0.4 is 0 Å². The van der Waals surface area contributed by atoms with Gasteiger partial charge in [-0.3, -0.25) is 4.79 Å². The van der Waals surface area contributed by atoms with Crippen molar-refractivity contribution in [3.8, 4) is 0 Å². The third-order valence-corrected chi connectivity index (χ3v) is 2.16. The second kappa shape index (κ2) is 3.17. The molecule has 1 aliphatic rings. The lowest BCUT2D eigenvalue weighted by atomic mass is 10.0. The van der Waals surface area contributed by atoms with Crippen molar-refractivity contribution in [3.63, 3.8) is 0 Å². The molecule has 2 unspecified atom stereocenters. The van der Waals surface area contributed by atoms with Crippen molar-refractivity contribution in [2.45, 2.75) is 15.8 Å². The monoisotopic (exact) mass is 236 g/mol. The lowest BCUT2D eigenvalue weighted by Crippen LogP contribution is -2.43. The number of carbonyl (C=O) groups excluding carboxylic acids is 1. The Kier molecular flexibility index (Phi) is 2.80. The summed E-state index contributed by atoms with van der Waals surface area (Å²) in [5.74, 6) is -0.888. The quantitative estimate of drug-likeness (QED) is 0.518. The third-order valence-electron chi connectivity index (χ3n) is 1.30. The molecule has 0 aromatic carbocycles. The molecule has 1 aliphatic heterocycles. The molecular weight excluding hydrogens is 234 g/mol. The molecule has 2 atom stereocenters. The van der Waals surface area contributed by atoms with E-state index in [1.165, 1.54) is 0 Å². The van der Waals surface area contributed by atoms with Gasteiger partial charge >= 0.3 is 5.97 Å². The van der Waals surface area contributed by atoms with E-state index in [-0.39, 0.29) is 6.42 Å². The van der Waals surface area contributed by atoms with Crippen LogP contribution in [0.5, 0.6) is 0 Å². The van der Waals surface area contributed by atoms with Crippen LogP contribution in [0, 0.1) is 5.92 Å². The minimum atomic E-state index is -1.43. The van der Waals surface area contributed by atoms with E-state index < -0.39 is 21.2 Å². The van der Waals surface area contributed by atoms with Crippen molar-refractivity contribution in [2.75, 3.05) is 0 Å². The lowest BCUT2D eigenvalue weighted by molar-refractivity contribution is -0.174. The van der Waals surface area contributed by atoms with Crippen LogP contribution in [0.25, 0.3) is 0 Å². The van der Waals surface area contributed by atoms with Gasteiger partial charge in [-0.05, 0) is 0 Å². The first-order chi connectivity index (χ1) is 4.90. The van der Waals surface area contributed by atoms with E-state index in [9.17, 15) is 4.79 Å². The van der Waals surface area contributed by atoms with Crippen molar-refractivity contribution in [2.24, 2.45) is 5.92 Å². The number of hydrogen-bond acceptors (Lipinski definition) is 2. The van der Waals surface area contributed by atoms with Gasteiger partial charge in [0, 0.05) is 6.42 Å². The summed E-state index contributed by atoms with van der Waals surface area (Å²) >= 11 is 21.8. The molecule has 0 saturated carbocycles. The van der Waals surface area contributed by atoms with Crippen LogP contribution in [0.2, 0.25) is 0 Å². The summed E-state index contributed by atoms with van der Waals surface area (Å²) in [7, 11) is 0. The number of hydrogen-bond donors (Lipinski definition) is 0. The molecule has 0 aromatic heterocycles. The summed E-state index contributed by atoms with van der Waals surface area (Å²) in [6.07, 6.45) is 0.102. The van der Waals surface area contributed by atoms with Gasteiger partial charge < -0.3 is 4.74 Å².